The highest BCUT2D eigenvalue weighted by Gasteiger charge is 2.41. The third-order valence-electron chi connectivity index (χ3n) is 5.47. The molecule has 3 N–H and O–H groups in total. The molecular weight excluding hydrogens is 258 g/mol. The summed E-state index contributed by atoms with van der Waals surface area (Å²) < 4.78 is 0. The maximum Gasteiger partial charge on any atom is 0.0434 e. The number of nitrogens with zero attached hydrogens (tertiary/aromatic N) is 1. The van der Waals surface area contributed by atoms with Crippen LogP contribution in [0.4, 0.5) is 0 Å². The van der Waals surface area contributed by atoms with Crippen molar-refractivity contribution in [3.8, 4) is 0 Å². The Labute approximate surface area is 129 Å². The minimum absolute atomic E-state index is 0.186. The minimum atomic E-state index is 0.186. The summed E-state index contributed by atoms with van der Waals surface area (Å²) in [5.74, 6) is 5.97. The van der Waals surface area contributed by atoms with Crippen LogP contribution in [-0.2, 0) is 6.42 Å². The van der Waals surface area contributed by atoms with Crippen molar-refractivity contribution in [2.45, 2.75) is 64.0 Å². The first-order valence-electron chi connectivity index (χ1n) is 8.19. The summed E-state index contributed by atoms with van der Waals surface area (Å²) in [5, 5.41) is 0. The van der Waals surface area contributed by atoms with E-state index in [1.807, 2.05) is 0 Å². The van der Waals surface area contributed by atoms with Crippen LogP contribution in [0.3, 0.4) is 0 Å². The fourth-order valence-corrected chi connectivity index (χ4v) is 3.84. The summed E-state index contributed by atoms with van der Waals surface area (Å²) in [6.07, 6.45) is 7.44. The highest BCUT2D eigenvalue weighted by molar-refractivity contribution is 5.30. The molecule has 3 nitrogen and oxygen atoms in total. The van der Waals surface area contributed by atoms with Crippen molar-refractivity contribution in [1.82, 2.24) is 10.3 Å². The van der Waals surface area contributed by atoms with Gasteiger partial charge in [0.2, 0.25) is 0 Å². The summed E-state index contributed by atoms with van der Waals surface area (Å²) in [6.45, 7) is 4.35. The van der Waals surface area contributed by atoms with Gasteiger partial charge in [0.05, 0.1) is 0 Å². The number of hydrazine groups is 1. The van der Waals surface area contributed by atoms with Gasteiger partial charge >= 0.3 is 0 Å². The molecule has 0 aromatic heterocycles. The van der Waals surface area contributed by atoms with Gasteiger partial charge in [-0.25, -0.2) is 0 Å². The molecule has 1 fully saturated rings. The van der Waals surface area contributed by atoms with Crippen molar-refractivity contribution >= 4 is 0 Å². The van der Waals surface area contributed by atoms with Gasteiger partial charge in [0.1, 0.15) is 0 Å². The van der Waals surface area contributed by atoms with Crippen LogP contribution in [0.5, 0.6) is 0 Å². The first-order valence-corrected chi connectivity index (χ1v) is 8.19. The molecule has 1 aliphatic carbocycles. The summed E-state index contributed by atoms with van der Waals surface area (Å²) in [4.78, 5) is 2.40. The standard InChI is InChI=1S/C18H31N3/c1-14-8-9-16(12-15(14)2)13-17(20-19)18(21(3)4)10-6-5-7-11-18/h8-9,12,17,20H,5-7,10-11,13,19H2,1-4H3. The summed E-state index contributed by atoms with van der Waals surface area (Å²) in [7, 11) is 4.41. The van der Waals surface area contributed by atoms with E-state index in [4.69, 9.17) is 5.84 Å². The molecule has 0 radical (unpaired) electrons. The van der Waals surface area contributed by atoms with E-state index in [0.717, 1.165) is 6.42 Å². The zero-order chi connectivity index (χ0) is 15.5. The lowest BCUT2D eigenvalue weighted by atomic mass is 9.73. The van der Waals surface area contributed by atoms with Crippen LogP contribution in [0.1, 0.15) is 48.8 Å². The Hall–Kier alpha value is -0.900. The summed E-state index contributed by atoms with van der Waals surface area (Å²) in [6, 6.07) is 7.08. The monoisotopic (exact) mass is 289 g/mol. The molecule has 0 heterocycles. The van der Waals surface area contributed by atoms with Crippen LogP contribution in [0, 0.1) is 13.8 Å². The highest BCUT2D eigenvalue weighted by Crippen LogP contribution is 2.36. The number of rotatable bonds is 5. The van der Waals surface area contributed by atoms with E-state index in [0.29, 0.717) is 6.04 Å². The molecule has 1 aromatic carbocycles. The van der Waals surface area contributed by atoms with Crippen LogP contribution in [-0.4, -0.2) is 30.6 Å². The maximum absolute atomic E-state index is 5.97. The molecule has 0 aliphatic heterocycles. The van der Waals surface area contributed by atoms with Gasteiger partial charge < -0.3 is 4.90 Å². The zero-order valence-electron chi connectivity index (χ0n) is 14.1. The van der Waals surface area contributed by atoms with Gasteiger partial charge in [-0.3, -0.25) is 11.3 Å². The molecule has 1 saturated carbocycles. The van der Waals surface area contributed by atoms with Crippen molar-refractivity contribution in [2.75, 3.05) is 14.1 Å². The van der Waals surface area contributed by atoms with Crippen molar-refractivity contribution in [3.63, 3.8) is 0 Å². The Bertz CT molecular complexity index is 462. The Morgan fingerprint density at radius 3 is 2.33 bits per heavy atom. The molecule has 118 valence electrons. The number of aryl methyl sites for hydroxylation is 2. The molecule has 0 amide bonds. The SMILES string of the molecule is Cc1ccc(CC(NN)C2(N(C)C)CCCCC2)cc1C. The highest BCUT2D eigenvalue weighted by atomic mass is 15.3. The van der Waals surface area contributed by atoms with Crippen molar-refractivity contribution in [1.29, 1.82) is 0 Å². The summed E-state index contributed by atoms with van der Waals surface area (Å²) in [5.41, 5.74) is 7.43. The number of nitrogens with one attached hydrogen (secondary N) is 1. The largest absolute Gasteiger partial charge is 0.302 e. The van der Waals surface area contributed by atoms with E-state index in [1.165, 1.54) is 48.8 Å². The van der Waals surface area contributed by atoms with E-state index < -0.39 is 0 Å². The van der Waals surface area contributed by atoms with Gasteiger partial charge in [0.25, 0.3) is 0 Å². The van der Waals surface area contributed by atoms with Gasteiger partial charge in [-0.15, -0.1) is 0 Å². The first-order chi connectivity index (χ1) is 9.99. The predicted molar refractivity (Wildman–Crippen MR) is 90.2 cm³/mol. The molecule has 1 aromatic rings. The van der Waals surface area contributed by atoms with Crippen LogP contribution < -0.4 is 11.3 Å². The molecule has 1 atom stereocenters. The lowest BCUT2D eigenvalue weighted by Crippen LogP contribution is -2.62. The van der Waals surface area contributed by atoms with Crippen molar-refractivity contribution in [2.24, 2.45) is 5.84 Å². The lowest BCUT2D eigenvalue weighted by molar-refractivity contribution is 0.0569. The summed E-state index contributed by atoms with van der Waals surface area (Å²) >= 11 is 0. The van der Waals surface area contributed by atoms with Gasteiger partial charge in [0.15, 0.2) is 0 Å². The maximum atomic E-state index is 5.97. The topological polar surface area (TPSA) is 41.3 Å². The molecule has 0 bridgehead atoms. The van der Waals surface area contributed by atoms with Gasteiger partial charge in [-0.05, 0) is 63.9 Å². The number of likely N-dealkylation sites (N-methyl/N-ethyl adjacent to an activating group) is 1. The molecule has 1 aliphatic rings. The Morgan fingerprint density at radius 2 is 1.81 bits per heavy atom. The molecule has 1 unspecified atom stereocenters. The van der Waals surface area contributed by atoms with Gasteiger partial charge in [-0.1, -0.05) is 37.5 Å². The fraction of sp³-hybridized carbons (Fsp3) is 0.667. The first kappa shape index (κ1) is 16.5. The molecule has 2 rings (SSSR count). The number of nitrogens with two attached hydrogens (primary N) is 1. The van der Waals surface area contributed by atoms with Gasteiger partial charge in [0, 0.05) is 11.6 Å². The van der Waals surface area contributed by atoms with Crippen LogP contribution in [0.15, 0.2) is 18.2 Å². The predicted octanol–water partition coefficient (Wildman–Crippen LogP) is 2.94. The second-order valence-corrected chi connectivity index (χ2v) is 6.90. The molecular formula is C18H31N3. The third kappa shape index (κ3) is 3.47. The average molecular weight is 289 g/mol. The van der Waals surface area contributed by atoms with Gasteiger partial charge in [-0.2, -0.15) is 0 Å². The minimum Gasteiger partial charge on any atom is -0.302 e. The quantitative estimate of drug-likeness (QED) is 0.647. The smallest absolute Gasteiger partial charge is 0.0434 e. The fourth-order valence-electron chi connectivity index (χ4n) is 3.84. The Balaban J connectivity index is 2.22. The van der Waals surface area contributed by atoms with E-state index >= 15 is 0 Å². The normalized spacial score (nSPS) is 19.7. The van der Waals surface area contributed by atoms with E-state index in [9.17, 15) is 0 Å². The van der Waals surface area contributed by atoms with Crippen molar-refractivity contribution in [3.05, 3.63) is 34.9 Å². The van der Waals surface area contributed by atoms with E-state index in [2.05, 4.69) is 56.5 Å². The molecule has 0 spiro atoms. The molecule has 21 heavy (non-hydrogen) atoms. The van der Waals surface area contributed by atoms with Crippen LogP contribution in [0.2, 0.25) is 0 Å². The lowest BCUT2D eigenvalue weighted by Gasteiger charge is -2.48. The molecule has 0 saturated heterocycles. The zero-order valence-corrected chi connectivity index (χ0v) is 14.1. The Kier molecular flexibility index (Phi) is 5.42. The average Bonchev–Trinajstić information content (AvgIpc) is 2.49. The van der Waals surface area contributed by atoms with Crippen LogP contribution >= 0.6 is 0 Å². The number of hydrogen-bond donors (Lipinski definition) is 2. The van der Waals surface area contributed by atoms with Crippen LogP contribution in [0.25, 0.3) is 0 Å². The van der Waals surface area contributed by atoms with E-state index in [-0.39, 0.29) is 5.54 Å². The van der Waals surface area contributed by atoms with E-state index in [1.54, 1.807) is 0 Å². The second-order valence-electron chi connectivity index (χ2n) is 6.90. The Morgan fingerprint density at radius 1 is 1.14 bits per heavy atom. The number of benzene rings is 1. The van der Waals surface area contributed by atoms with Crippen molar-refractivity contribution < 1.29 is 0 Å². The third-order valence-corrected chi connectivity index (χ3v) is 5.47. The molecule has 3 heteroatoms. The number of hydrogen-bond acceptors (Lipinski definition) is 3. The second kappa shape index (κ2) is 6.91.